The van der Waals surface area contributed by atoms with Crippen LogP contribution in [0.25, 0.3) is 10.8 Å². The average Bonchev–Trinajstić information content (AvgIpc) is 2.62. The lowest BCUT2D eigenvalue weighted by Gasteiger charge is -2.13. The molecule has 0 aliphatic heterocycles. The smallest absolute Gasteiger partial charge is 0.257 e. The number of phenolic OH excluding ortho intramolecular Hbond substituents is 1. The first-order valence-corrected chi connectivity index (χ1v) is 8.94. The molecule has 3 aromatic rings. The van der Waals surface area contributed by atoms with E-state index in [1.807, 2.05) is 38.1 Å². The fraction of sp³-hybridized carbons (Fsp3) is 0.143. The SMILES string of the molecule is CC(C)Oc1ccc(C(=O)NC(=S)Nc2cccc3ccc(O)cc23)cc1. The summed E-state index contributed by atoms with van der Waals surface area (Å²) in [5.41, 5.74) is 1.18. The van der Waals surface area contributed by atoms with Crippen LogP contribution in [-0.4, -0.2) is 22.2 Å². The Balaban J connectivity index is 1.69. The molecule has 0 radical (unpaired) electrons. The molecule has 0 saturated heterocycles. The molecular weight excluding hydrogens is 360 g/mol. The standard InChI is InChI=1S/C21H20N2O3S/c1-13(2)26-17-10-7-15(8-11-17)20(25)23-21(27)22-19-5-3-4-14-6-9-16(24)12-18(14)19/h3-13,24H,1-2H3,(H2,22,23,25,27). The fourth-order valence-electron chi connectivity index (χ4n) is 2.66. The molecule has 0 aliphatic rings. The van der Waals surface area contributed by atoms with Gasteiger partial charge in [0.15, 0.2) is 5.11 Å². The Kier molecular flexibility index (Phi) is 5.57. The molecule has 3 N–H and O–H groups in total. The maximum atomic E-state index is 12.4. The third-order valence-electron chi connectivity index (χ3n) is 3.83. The number of nitrogens with one attached hydrogen (secondary N) is 2. The zero-order valence-corrected chi connectivity index (χ0v) is 15.8. The molecule has 0 aliphatic carbocycles. The molecule has 0 unspecified atom stereocenters. The van der Waals surface area contributed by atoms with E-state index in [9.17, 15) is 9.90 Å². The summed E-state index contributed by atoms with van der Waals surface area (Å²) < 4.78 is 5.57. The Morgan fingerprint density at radius 2 is 1.81 bits per heavy atom. The number of hydrogen-bond donors (Lipinski definition) is 3. The minimum absolute atomic E-state index is 0.0709. The lowest BCUT2D eigenvalue weighted by molar-refractivity contribution is 0.0977. The summed E-state index contributed by atoms with van der Waals surface area (Å²) in [5, 5.41) is 17.3. The van der Waals surface area contributed by atoms with Crippen molar-refractivity contribution in [1.29, 1.82) is 0 Å². The number of hydrogen-bond acceptors (Lipinski definition) is 4. The maximum Gasteiger partial charge on any atom is 0.257 e. The van der Waals surface area contributed by atoms with Crippen molar-refractivity contribution < 1.29 is 14.6 Å². The van der Waals surface area contributed by atoms with Gasteiger partial charge in [-0.2, -0.15) is 0 Å². The molecule has 0 aromatic heterocycles. The highest BCUT2D eigenvalue weighted by atomic mass is 32.1. The molecule has 27 heavy (non-hydrogen) atoms. The summed E-state index contributed by atoms with van der Waals surface area (Å²) in [6.45, 7) is 3.88. The first-order valence-electron chi connectivity index (χ1n) is 8.53. The first kappa shape index (κ1) is 18.7. The highest BCUT2D eigenvalue weighted by Crippen LogP contribution is 2.26. The van der Waals surface area contributed by atoms with Gasteiger partial charge in [0, 0.05) is 16.6 Å². The number of ether oxygens (including phenoxy) is 1. The van der Waals surface area contributed by atoms with Crippen molar-refractivity contribution in [2.75, 3.05) is 5.32 Å². The van der Waals surface area contributed by atoms with Gasteiger partial charge >= 0.3 is 0 Å². The van der Waals surface area contributed by atoms with Gasteiger partial charge in [-0.05, 0) is 73.9 Å². The second kappa shape index (κ2) is 8.05. The maximum absolute atomic E-state index is 12.4. The molecule has 3 rings (SSSR count). The van der Waals surface area contributed by atoms with Crippen molar-refractivity contribution in [2.24, 2.45) is 0 Å². The number of aromatic hydroxyl groups is 1. The van der Waals surface area contributed by atoms with E-state index in [-0.39, 0.29) is 22.9 Å². The third-order valence-corrected chi connectivity index (χ3v) is 4.03. The lowest BCUT2D eigenvalue weighted by Crippen LogP contribution is -2.34. The van der Waals surface area contributed by atoms with Crippen LogP contribution in [0.15, 0.2) is 60.7 Å². The first-order chi connectivity index (χ1) is 12.9. The topological polar surface area (TPSA) is 70.6 Å². The van der Waals surface area contributed by atoms with Gasteiger partial charge in [0.25, 0.3) is 5.91 Å². The van der Waals surface area contributed by atoms with Gasteiger partial charge in [-0.3, -0.25) is 10.1 Å². The average molecular weight is 380 g/mol. The van der Waals surface area contributed by atoms with Crippen LogP contribution < -0.4 is 15.4 Å². The zero-order valence-electron chi connectivity index (χ0n) is 15.0. The monoisotopic (exact) mass is 380 g/mol. The molecule has 0 saturated carbocycles. The van der Waals surface area contributed by atoms with Crippen molar-refractivity contribution in [2.45, 2.75) is 20.0 Å². The lowest BCUT2D eigenvalue weighted by atomic mass is 10.1. The Morgan fingerprint density at radius 1 is 1.07 bits per heavy atom. The van der Waals surface area contributed by atoms with Crippen LogP contribution in [0.4, 0.5) is 5.69 Å². The van der Waals surface area contributed by atoms with Crippen molar-refractivity contribution in [3.8, 4) is 11.5 Å². The fourth-order valence-corrected chi connectivity index (χ4v) is 2.86. The summed E-state index contributed by atoms with van der Waals surface area (Å²) in [7, 11) is 0. The Morgan fingerprint density at radius 3 is 2.52 bits per heavy atom. The summed E-state index contributed by atoms with van der Waals surface area (Å²) in [6.07, 6.45) is 0.0709. The summed E-state index contributed by atoms with van der Waals surface area (Å²) in [4.78, 5) is 12.4. The minimum atomic E-state index is -0.313. The predicted octanol–water partition coefficient (Wildman–Crippen LogP) is 4.46. The number of thiocarbonyl (C=S) groups is 1. The van der Waals surface area contributed by atoms with Gasteiger partial charge in [0.1, 0.15) is 11.5 Å². The van der Waals surface area contributed by atoms with E-state index in [2.05, 4.69) is 10.6 Å². The number of carbonyl (C=O) groups excluding carboxylic acids is 1. The summed E-state index contributed by atoms with van der Waals surface area (Å²) in [6, 6.07) is 17.6. The number of carbonyl (C=O) groups is 1. The summed E-state index contributed by atoms with van der Waals surface area (Å²) in [5.74, 6) is 0.555. The largest absolute Gasteiger partial charge is 0.508 e. The molecule has 6 heteroatoms. The molecule has 0 fully saturated rings. The van der Waals surface area contributed by atoms with E-state index < -0.39 is 0 Å². The molecule has 138 valence electrons. The van der Waals surface area contributed by atoms with E-state index in [0.29, 0.717) is 17.0 Å². The van der Waals surface area contributed by atoms with Gasteiger partial charge in [0.2, 0.25) is 0 Å². The van der Waals surface area contributed by atoms with Crippen molar-refractivity contribution in [1.82, 2.24) is 5.32 Å². The van der Waals surface area contributed by atoms with E-state index in [0.717, 1.165) is 10.8 Å². The quantitative estimate of drug-likeness (QED) is 0.583. The number of benzene rings is 3. The number of amides is 1. The van der Waals surface area contributed by atoms with Crippen molar-refractivity contribution in [3.63, 3.8) is 0 Å². The Hall–Kier alpha value is -3.12. The van der Waals surface area contributed by atoms with Crippen LogP contribution in [-0.2, 0) is 0 Å². The van der Waals surface area contributed by atoms with Crippen LogP contribution >= 0.6 is 12.2 Å². The van der Waals surface area contributed by atoms with Gasteiger partial charge in [-0.15, -0.1) is 0 Å². The Bertz CT molecular complexity index is 984. The third kappa shape index (κ3) is 4.74. The molecule has 5 nitrogen and oxygen atoms in total. The second-order valence-corrected chi connectivity index (χ2v) is 6.72. The summed E-state index contributed by atoms with van der Waals surface area (Å²) >= 11 is 5.26. The van der Waals surface area contributed by atoms with Crippen molar-refractivity contribution in [3.05, 3.63) is 66.2 Å². The van der Waals surface area contributed by atoms with Crippen LogP contribution in [0.2, 0.25) is 0 Å². The number of phenols is 1. The zero-order chi connectivity index (χ0) is 19.4. The van der Waals surface area contributed by atoms with Gasteiger partial charge < -0.3 is 15.2 Å². The molecule has 0 atom stereocenters. The van der Waals surface area contributed by atoms with Crippen LogP contribution in [0.5, 0.6) is 11.5 Å². The molecule has 0 bridgehead atoms. The second-order valence-electron chi connectivity index (χ2n) is 6.31. The van der Waals surface area contributed by atoms with Gasteiger partial charge in [0.05, 0.1) is 6.10 Å². The van der Waals surface area contributed by atoms with E-state index in [1.54, 1.807) is 36.4 Å². The molecule has 1 amide bonds. The number of fused-ring (bicyclic) bond motifs is 1. The molecule has 0 heterocycles. The molecule has 3 aromatic carbocycles. The highest BCUT2D eigenvalue weighted by molar-refractivity contribution is 7.80. The predicted molar refractivity (Wildman–Crippen MR) is 112 cm³/mol. The highest BCUT2D eigenvalue weighted by Gasteiger charge is 2.10. The number of anilines is 1. The van der Waals surface area contributed by atoms with Crippen LogP contribution in [0.1, 0.15) is 24.2 Å². The van der Waals surface area contributed by atoms with Gasteiger partial charge in [-0.1, -0.05) is 18.2 Å². The van der Waals surface area contributed by atoms with E-state index in [1.165, 1.54) is 0 Å². The van der Waals surface area contributed by atoms with Gasteiger partial charge in [-0.25, -0.2) is 0 Å². The van der Waals surface area contributed by atoms with Crippen LogP contribution in [0.3, 0.4) is 0 Å². The molecule has 0 spiro atoms. The van der Waals surface area contributed by atoms with E-state index >= 15 is 0 Å². The van der Waals surface area contributed by atoms with Crippen molar-refractivity contribution >= 4 is 39.7 Å². The number of rotatable bonds is 4. The molecular formula is C21H20N2O3S. The van der Waals surface area contributed by atoms with Crippen LogP contribution in [0, 0.1) is 0 Å². The normalized spacial score (nSPS) is 10.6. The minimum Gasteiger partial charge on any atom is -0.508 e. The Labute approximate surface area is 163 Å². The van der Waals surface area contributed by atoms with E-state index in [4.69, 9.17) is 17.0 Å².